The summed E-state index contributed by atoms with van der Waals surface area (Å²) in [7, 11) is 2.71. The lowest BCUT2D eigenvalue weighted by molar-refractivity contribution is -0.140. The Bertz CT molecular complexity index is 1510. The zero-order valence-electron chi connectivity index (χ0n) is 18.2. The van der Waals surface area contributed by atoms with Gasteiger partial charge < -0.3 is 28.8 Å². The molecule has 9 heteroatoms. The van der Waals surface area contributed by atoms with Crippen molar-refractivity contribution in [1.82, 2.24) is 4.98 Å². The van der Waals surface area contributed by atoms with Crippen molar-refractivity contribution in [2.75, 3.05) is 14.2 Å². The van der Waals surface area contributed by atoms with Crippen molar-refractivity contribution in [2.45, 2.75) is 12.3 Å². The lowest BCUT2D eigenvalue weighted by Gasteiger charge is -2.27. The number of esters is 1. The maximum absolute atomic E-state index is 13.1. The summed E-state index contributed by atoms with van der Waals surface area (Å²) in [6.07, 6.45) is 1.48. The number of ether oxygens (including phenoxy) is 3. The highest BCUT2D eigenvalue weighted by atomic mass is 16.5. The van der Waals surface area contributed by atoms with Crippen LogP contribution in [0.3, 0.4) is 0 Å². The normalized spacial score (nSPS) is 14.1. The summed E-state index contributed by atoms with van der Waals surface area (Å²) in [5, 5.41) is 20.8. The largest absolute Gasteiger partial charge is 0.507 e. The fourth-order valence-corrected chi connectivity index (χ4v) is 4.19. The van der Waals surface area contributed by atoms with Crippen LogP contribution in [0.1, 0.15) is 23.5 Å². The number of carbonyl (C=O) groups excluding carboxylic acids is 1. The van der Waals surface area contributed by atoms with E-state index in [9.17, 15) is 19.8 Å². The second kappa shape index (κ2) is 8.11. The molecular formula is C25H19NO8. The molecular weight excluding hydrogens is 442 g/mol. The van der Waals surface area contributed by atoms with E-state index in [1.807, 2.05) is 0 Å². The van der Waals surface area contributed by atoms with Gasteiger partial charge in [0.2, 0.25) is 5.88 Å². The van der Waals surface area contributed by atoms with Gasteiger partial charge in [0.25, 0.3) is 0 Å². The lowest BCUT2D eigenvalue weighted by Crippen LogP contribution is -2.17. The molecule has 9 nitrogen and oxygen atoms in total. The zero-order chi connectivity index (χ0) is 24.0. The van der Waals surface area contributed by atoms with Gasteiger partial charge in [-0.1, -0.05) is 6.07 Å². The Hall–Kier alpha value is -4.53. The Morgan fingerprint density at radius 3 is 2.68 bits per heavy atom. The fourth-order valence-electron chi connectivity index (χ4n) is 4.19. The lowest BCUT2D eigenvalue weighted by atomic mass is 9.85. The van der Waals surface area contributed by atoms with Crippen LogP contribution in [0, 0.1) is 0 Å². The molecule has 2 aromatic carbocycles. The Kier molecular flexibility index (Phi) is 5.09. The van der Waals surface area contributed by atoms with E-state index in [0.29, 0.717) is 16.7 Å². The van der Waals surface area contributed by atoms with Gasteiger partial charge in [-0.3, -0.25) is 9.59 Å². The van der Waals surface area contributed by atoms with Crippen LogP contribution in [0.25, 0.3) is 22.3 Å². The maximum atomic E-state index is 13.1. The third-order valence-corrected chi connectivity index (χ3v) is 5.77. The second-order valence-corrected chi connectivity index (χ2v) is 7.71. The molecule has 2 N–H and O–H groups in total. The van der Waals surface area contributed by atoms with Gasteiger partial charge in [-0.2, -0.15) is 0 Å². The van der Waals surface area contributed by atoms with Crippen LogP contribution in [0.15, 0.2) is 57.9 Å². The van der Waals surface area contributed by atoms with Crippen molar-refractivity contribution in [3.63, 3.8) is 0 Å². The Morgan fingerprint density at radius 2 is 1.94 bits per heavy atom. The summed E-state index contributed by atoms with van der Waals surface area (Å²) in [6.45, 7) is 0. The summed E-state index contributed by atoms with van der Waals surface area (Å²) < 4.78 is 22.0. The van der Waals surface area contributed by atoms with Crippen molar-refractivity contribution in [1.29, 1.82) is 0 Å². The molecule has 0 aliphatic carbocycles. The van der Waals surface area contributed by atoms with Crippen LogP contribution in [0.5, 0.6) is 28.9 Å². The van der Waals surface area contributed by atoms with Crippen molar-refractivity contribution in [3.8, 4) is 40.2 Å². The monoisotopic (exact) mass is 461 g/mol. The fraction of sp³-hybridized carbons (Fsp3) is 0.160. The Labute approximate surface area is 192 Å². The molecule has 0 spiro atoms. The topological polar surface area (TPSA) is 128 Å². The molecule has 0 bridgehead atoms. The first-order valence-electron chi connectivity index (χ1n) is 10.3. The van der Waals surface area contributed by atoms with Crippen LogP contribution in [-0.2, 0) is 9.53 Å². The Balaban J connectivity index is 1.79. The highest BCUT2D eigenvalue weighted by Crippen LogP contribution is 2.50. The molecule has 0 unspecified atom stereocenters. The molecule has 0 amide bonds. The van der Waals surface area contributed by atoms with Gasteiger partial charge >= 0.3 is 5.97 Å². The Morgan fingerprint density at radius 1 is 1.12 bits per heavy atom. The van der Waals surface area contributed by atoms with Gasteiger partial charge in [-0.15, -0.1) is 0 Å². The third kappa shape index (κ3) is 3.38. The van der Waals surface area contributed by atoms with E-state index < -0.39 is 17.3 Å². The number of hydrogen-bond donors (Lipinski definition) is 2. The molecule has 4 aromatic rings. The number of pyridine rings is 1. The molecule has 3 heterocycles. The number of phenolic OH excluding ortho intramolecular Hbond substituents is 2. The standard InChI is InChI=1S/C25H19NO8/c1-31-18-6-5-12(8-15(18)27)19-10-16(28)23-17(29)11-20-22(24(23)33-19)14(9-21(30)32-2)13-4-3-7-26-25(13)34-20/h3-8,10-11,14,27,29H,9H2,1-2H3/t14-/m1/s1. The van der Waals surface area contributed by atoms with Gasteiger partial charge in [-0.05, 0) is 24.3 Å². The van der Waals surface area contributed by atoms with E-state index in [4.69, 9.17) is 18.6 Å². The highest BCUT2D eigenvalue weighted by Gasteiger charge is 2.34. The number of carbonyl (C=O) groups is 1. The summed E-state index contributed by atoms with van der Waals surface area (Å²) >= 11 is 0. The average Bonchev–Trinajstić information content (AvgIpc) is 2.83. The van der Waals surface area contributed by atoms with E-state index in [-0.39, 0.29) is 52.0 Å². The van der Waals surface area contributed by atoms with Crippen LogP contribution < -0.4 is 14.9 Å². The highest BCUT2D eigenvalue weighted by molar-refractivity contribution is 5.91. The minimum absolute atomic E-state index is 0.0500. The first-order valence-corrected chi connectivity index (χ1v) is 10.3. The molecule has 0 fully saturated rings. The predicted octanol–water partition coefficient (Wildman–Crippen LogP) is 4.08. The van der Waals surface area contributed by atoms with Gasteiger partial charge in [0.1, 0.15) is 28.2 Å². The quantitative estimate of drug-likeness (QED) is 0.432. The second-order valence-electron chi connectivity index (χ2n) is 7.71. The molecule has 34 heavy (non-hydrogen) atoms. The number of nitrogens with zero attached hydrogens (tertiary/aromatic N) is 1. The predicted molar refractivity (Wildman–Crippen MR) is 121 cm³/mol. The molecule has 5 rings (SSSR count). The third-order valence-electron chi connectivity index (χ3n) is 5.77. The first-order chi connectivity index (χ1) is 16.4. The van der Waals surface area contributed by atoms with Crippen LogP contribution in [0.2, 0.25) is 0 Å². The molecule has 0 radical (unpaired) electrons. The summed E-state index contributed by atoms with van der Waals surface area (Å²) in [5.74, 6) is -0.646. The average molecular weight is 461 g/mol. The number of rotatable bonds is 4. The molecule has 0 saturated heterocycles. The van der Waals surface area contributed by atoms with Crippen LogP contribution in [-0.4, -0.2) is 35.4 Å². The summed E-state index contributed by atoms with van der Waals surface area (Å²) in [4.78, 5) is 29.6. The number of aromatic hydroxyl groups is 2. The first kappa shape index (κ1) is 21.3. The van der Waals surface area contributed by atoms with Crippen molar-refractivity contribution < 1.29 is 33.6 Å². The number of aromatic nitrogens is 1. The maximum Gasteiger partial charge on any atom is 0.306 e. The van der Waals surface area contributed by atoms with Gasteiger partial charge in [0, 0.05) is 40.9 Å². The minimum atomic E-state index is -0.606. The minimum Gasteiger partial charge on any atom is -0.507 e. The van der Waals surface area contributed by atoms with E-state index in [1.165, 1.54) is 38.5 Å². The number of methoxy groups -OCH3 is 2. The molecule has 2 aromatic heterocycles. The van der Waals surface area contributed by atoms with E-state index in [0.717, 1.165) is 0 Å². The van der Waals surface area contributed by atoms with Crippen LogP contribution >= 0.6 is 0 Å². The number of phenols is 2. The molecule has 1 atom stereocenters. The van der Waals surface area contributed by atoms with E-state index in [2.05, 4.69) is 4.98 Å². The van der Waals surface area contributed by atoms with Gasteiger partial charge in [0.05, 0.1) is 20.6 Å². The molecule has 1 aliphatic heterocycles. The molecule has 0 saturated carbocycles. The number of hydrogen-bond acceptors (Lipinski definition) is 9. The van der Waals surface area contributed by atoms with Gasteiger partial charge in [-0.25, -0.2) is 4.98 Å². The molecule has 1 aliphatic rings. The van der Waals surface area contributed by atoms with E-state index >= 15 is 0 Å². The van der Waals surface area contributed by atoms with Gasteiger partial charge in [0.15, 0.2) is 16.9 Å². The summed E-state index contributed by atoms with van der Waals surface area (Å²) in [5.41, 5.74) is 1.01. The van der Waals surface area contributed by atoms with E-state index in [1.54, 1.807) is 24.4 Å². The number of fused-ring (bicyclic) bond motifs is 4. The van der Waals surface area contributed by atoms with Crippen molar-refractivity contribution >= 4 is 16.9 Å². The smallest absolute Gasteiger partial charge is 0.306 e. The van der Waals surface area contributed by atoms with Crippen molar-refractivity contribution in [3.05, 3.63) is 70.0 Å². The zero-order valence-corrected chi connectivity index (χ0v) is 18.2. The SMILES string of the molecule is COC(=O)C[C@@H]1c2cccnc2Oc2cc(O)c3c(=O)cc(-c4ccc(OC)c(O)c4)oc3c21. The number of benzene rings is 2. The van der Waals surface area contributed by atoms with Crippen molar-refractivity contribution in [2.24, 2.45) is 0 Å². The molecule has 172 valence electrons. The summed E-state index contributed by atoms with van der Waals surface area (Å²) in [6, 6.07) is 10.6. The van der Waals surface area contributed by atoms with Crippen LogP contribution in [0.4, 0.5) is 0 Å².